The monoisotopic (exact) mass is 250 g/mol. The minimum absolute atomic E-state index is 0.182. The minimum atomic E-state index is -0.497. The summed E-state index contributed by atoms with van der Waals surface area (Å²) in [4.78, 5) is 11.2. The highest BCUT2D eigenvalue weighted by molar-refractivity contribution is 6.26. The van der Waals surface area contributed by atoms with Gasteiger partial charge in [0.1, 0.15) is 5.88 Å². The lowest BCUT2D eigenvalue weighted by Crippen LogP contribution is -2.12. The van der Waals surface area contributed by atoms with E-state index in [1.807, 2.05) is 37.3 Å². The first-order chi connectivity index (χ1) is 8.20. The standard InChI is InChI=1S/C12H11ClN2O2/c1-9-7-11(17-12(16)8-13)15(14-9)10-5-3-2-4-6-10/h2-7H,8H2,1H3. The van der Waals surface area contributed by atoms with Crippen LogP contribution >= 0.6 is 11.6 Å². The Morgan fingerprint density at radius 1 is 1.41 bits per heavy atom. The summed E-state index contributed by atoms with van der Waals surface area (Å²) in [7, 11) is 0. The van der Waals surface area contributed by atoms with Crippen LogP contribution in [0.2, 0.25) is 0 Å². The maximum atomic E-state index is 11.2. The van der Waals surface area contributed by atoms with Crippen LogP contribution in [0.4, 0.5) is 0 Å². The van der Waals surface area contributed by atoms with Gasteiger partial charge in [0.05, 0.1) is 11.4 Å². The Hall–Kier alpha value is -1.81. The van der Waals surface area contributed by atoms with E-state index in [4.69, 9.17) is 16.3 Å². The molecule has 0 bridgehead atoms. The van der Waals surface area contributed by atoms with Gasteiger partial charge >= 0.3 is 5.97 Å². The number of nitrogens with zero attached hydrogens (tertiary/aromatic N) is 2. The van der Waals surface area contributed by atoms with Gasteiger partial charge in [-0.25, -0.2) is 4.68 Å². The third kappa shape index (κ3) is 2.65. The Morgan fingerprint density at radius 2 is 2.12 bits per heavy atom. The average molecular weight is 251 g/mol. The summed E-state index contributed by atoms with van der Waals surface area (Å²) in [5.41, 5.74) is 1.60. The van der Waals surface area contributed by atoms with Crippen molar-refractivity contribution in [3.8, 4) is 11.6 Å². The molecular weight excluding hydrogens is 240 g/mol. The summed E-state index contributed by atoms with van der Waals surface area (Å²) in [5.74, 6) is -0.304. The zero-order chi connectivity index (χ0) is 12.3. The third-order valence-corrected chi connectivity index (χ3v) is 2.35. The number of ether oxygens (including phenoxy) is 1. The highest BCUT2D eigenvalue weighted by atomic mass is 35.5. The summed E-state index contributed by atoms with van der Waals surface area (Å²) in [6.45, 7) is 1.83. The zero-order valence-electron chi connectivity index (χ0n) is 9.26. The van der Waals surface area contributed by atoms with Crippen LogP contribution in [0, 0.1) is 6.92 Å². The number of para-hydroxylation sites is 1. The van der Waals surface area contributed by atoms with Gasteiger partial charge in [-0.1, -0.05) is 18.2 Å². The number of rotatable bonds is 3. The van der Waals surface area contributed by atoms with Gasteiger partial charge in [0.2, 0.25) is 5.88 Å². The largest absolute Gasteiger partial charge is 0.406 e. The van der Waals surface area contributed by atoms with Crippen molar-refractivity contribution in [2.75, 3.05) is 5.88 Å². The van der Waals surface area contributed by atoms with Crippen molar-refractivity contribution < 1.29 is 9.53 Å². The van der Waals surface area contributed by atoms with Crippen molar-refractivity contribution in [1.82, 2.24) is 9.78 Å². The minimum Gasteiger partial charge on any atom is -0.406 e. The first kappa shape index (κ1) is 11.7. The molecule has 1 aromatic heterocycles. The van der Waals surface area contributed by atoms with E-state index in [0.717, 1.165) is 11.4 Å². The molecule has 0 amide bonds. The second-order valence-electron chi connectivity index (χ2n) is 3.48. The molecule has 0 atom stereocenters. The first-order valence-corrected chi connectivity index (χ1v) is 5.63. The predicted molar refractivity (Wildman–Crippen MR) is 64.7 cm³/mol. The molecule has 1 aromatic carbocycles. The second kappa shape index (κ2) is 5.01. The molecule has 88 valence electrons. The van der Waals surface area contributed by atoms with Crippen LogP contribution in [-0.2, 0) is 4.79 Å². The molecule has 17 heavy (non-hydrogen) atoms. The van der Waals surface area contributed by atoms with Gasteiger partial charge in [-0.2, -0.15) is 5.10 Å². The number of halogens is 1. The molecule has 0 fully saturated rings. The van der Waals surface area contributed by atoms with Crippen LogP contribution in [-0.4, -0.2) is 21.6 Å². The summed E-state index contributed by atoms with van der Waals surface area (Å²) in [5, 5.41) is 4.26. The zero-order valence-corrected chi connectivity index (χ0v) is 10.0. The van der Waals surface area contributed by atoms with E-state index < -0.39 is 5.97 Å². The lowest BCUT2D eigenvalue weighted by Gasteiger charge is -2.06. The van der Waals surface area contributed by atoms with Crippen LogP contribution in [0.3, 0.4) is 0 Å². The summed E-state index contributed by atoms with van der Waals surface area (Å²) in [6, 6.07) is 11.1. The summed E-state index contributed by atoms with van der Waals surface area (Å²) in [6.07, 6.45) is 0. The molecule has 4 nitrogen and oxygen atoms in total. The van der Waals surface area contributed by atoms with Crippen molar-refractivity contribution in [2.24, 2.45) is 0 Å². The summed E-state index contributed by atoms with van der Waals surface area (Å²) < 4.78 is 6.67. The van der Waals surface area contributed by atoms with Crippen LogP contribution in [0.15, 0.2) is 36.4 Å². The molecule has 1 heterocycles. The molecule has 2 rings (SSSR count). The van der Waals surface area contributed by atoms with Gasteiger partial charge in [0.25, 0.3) is 0 Å². The lowest BCUT2D eigenvalue weighted by molar-refractivity contribution is -0.131. The van der Waals surface area contributed by atoms with Gasteiger partial charge in [0, 0.05) is 6.07 Å². The number of esters is 1. The Morgan fingerprint density at radius 3 is 2.76 bits per heavy atom. The molecule has 0 aliphatic carbocycles. The number of hydrogen-bond acceptors (Lipinski definition) is 3. The SMILES string of the molecule is Cc1cc(OC(=O)CCl)n(-c2ccccc2)n1. The third-order valence-electron chi connectivity index (χ3n) is 2.13. The van der Waals surface area contributed by atoms with E-state index in [1.165, 1.54) is 0 Å². The van der Waals surface area contributed by atoms with E-state index in [1.54, 1.807) is 10.7 Å². The molecular formula is C12H11ClN2O2. The number of aryl methyl sites for hydroxylation is 1. The fourth-order valence-corrected chi connectivity index (χ4v) is 1.50. The van der Waals surface area contributed by atoms with E-state index >= 15 is 0 Å². The van der Waals surface area contributed by atoms with E-state index in [2.05, 4.69) is 5.10 Å². The number of benzene rings is 1. The van der Waals surface area contributed by atoms with Crippen molar-refractivity contribution in [2.45, 2.75) is 6.92 Å². The normalized spacial score (nSPS) is 10.2. The highest BCUT2D eigenvalue weighted by Crippen LogP contribution is 2.19. The van der Waals surface area contributed by atoms with E-state index in [9.17, 15) is 4.79 Å². The molecule has 0 unspecified atom stereocenters. The van der Waals surface area contributed by atoms with Gasteiger partial charge in [0.15, 0.2) is 0 Å². The Bertz CT molecular complexity index is 523. The molecule has 5 heteroatoms. The number of hydrogen-bond donors (Lipinski definition) is 0. The maximum absolute atomic E-state index is 11.2. The Labute approximate surface area is 104 Å². The maximum Gasteiger partial charge on any atom is 0.327 e. The van der Waals surface area contributed by atoms with Crippen molar-refractivity contribution in [1.29, 1.82) is 0 Å². The van der Waals surface area contributed by atoms with Gasteiger partial charge in [-0.05, 0) is 19.1 Å². The van der Waals surface area contributed by atoms with Crippen LogP contribution < -0.4 is 4.74 Å². The number of carbonyl (C=O) groups excluding carboxylic acids is 1. The van der Waals surface area contributed by atoms with Crippen LogP contribution in [0.25, 0.3) is 5.69 Å². The van der Waals surface area contributed by atoms with Crippen molar-refractivity contribution in [3.05, 3.63) is 42.1 Å². The molecule has 0 N–H and O–H groups in total. The highest BCUT2D eigenvalue weighted by Gasteiger charge is 2.11. The van der Waals surface area contributed by atoms with Gasteiger partial charge in [-0.3, -0.25) is 4.79 Å². The predicted octanol–water partition coefficient (Wildman–Crippen LogP) is 2.32. The molecule has 0 radical (unpaired) electrons. The summed E-state index contributed by atoms with van der Waals surface area (Å²) >= 11 is 5.40. The van der Waals surface area contributed by atoms with Gasteiger partial charge < -0.3 is 4.74 Å². The second-order valence-corrected chi connectivity index (χ2v) is 3.75. The van der Waals surface area contributed by atoms with Crippen molar-refractivity contribution in [3.63, 3.8) is 0 Å². The quantitative estimate of drug-likeness (QED) is 0.620. The van der Waals surface area contributed by atoms with Crippen molar-refractivity contribution >= 4 is 17.6 Å². The smallest absolute Gasteiger partial charge is 0.327 e. The molecule has 0 saturated carbocycles. The van der Waals surface area contributed by atoms with E-state index in [0.29, 0.717) is 5.88 Å². The molecule has 0 saturated heterocycles. The molecule has 0 aliphatic rings. The fraction of sp³-hybridized carbons (Fsp3) is 0.167. The number of alkyl halides is 1. The van der Waals surface area contributed by atoms with Gasteiger partial charge in [-0.15, -0.1) is 11.6 Å². The van der Waals surface area contributed by atoms with Crippen LogP contribution in [0.1, 0.15) is 5.69 Å². The van der Waals surface area contributed by atoms with Crippen LogP contribution in [0.5, 0.6) is 5.88 Å². The first-order valence-electron chi connectivity index (χ1n) is 5.09. The number of carbonyl (C=O) groups is 1. The number of aromatic nitrogens is 2. The average Bonchev–Trinajstić information content (AvgIpc) is 2.71. The lowest BCUT2D eigenvalue weighted by atomic mass is 10.3. The molecule has 0 spiro atoms. The molecule has 2 aromatic rings. The van der Waals surface area contributed by atoms with E-state index in [-0.39, 0.29) is 5.88 Å². The Kier molecular flexibility index (Phi) is 3.44. The molecule has 0 aliphatic heterocycles. The Balaban J connectivity index is 2.37. The topological polar surface area (TPSA) is 44.1 Å². The fourth-order valence-electron chi connectivity index (χ4n) is 1.45.